The third kappa shape index (κ3) is 4.13. The Labute approximate surface area is 134 Å². The molecule has 0 fully saturated rings. The molecule has 1 aromatic heterocycles. The molecule has 0 atom stereocenters. The predicted molar refractivity (Wildman–Crippen MR) is 88.5 cm³/mol. The Morgan fingerprint density at radius 3 is 2.32 bits per heavy atom. The molecule has 0 spiro atoms. The lowest BCUT2D eigenvalue weighted by atomic mass is 10.2. The van der Waals surface area contributed by atoms with E-state index >= 15 is 0 Å². The topological polar surface area (TPSA) is 101 Å². The highest BCUT2D eigenvalue weighted by Gasteiger charge is 2.24. The number of nitrogens with one attached hydrogen (secondary N) is 1. The summed E-state index contributed by atoms with van der Waals surface area (Å²) in [6.45, 7) is 8.29. The van der Waals surface area contributed by atoms with Gasteiger partial charge in [0.15, 0.2) is 5.69 Å². The number of carbonyl (C=O) groups excluding carboxylic acids is 1. The summed E-state index contributed by atoms with van der Waals surface area (Å²) in [4.78, 5) is 39.6. The second kappa shape index (κ2) is 7.49. The molecule has 0 bridgehead atoms. The zero-order chi connectivity index (χ0) is 17.0. The summed E-state index contributed by atoms with van der Waals surface area (Å²) >= 11 is 5.63. The summed E-state index contributed by atoms with van der Waals surface area (Å²) in [6.07, 6.45) is 0. The average molecular weight is 331 g/mol. The molecule has 0 aliphatic heterocycles. The van der Waals surface area contributed by atoms with E-state index in [0.717, 1.165) is 0 Å². The summed E-state index contributed by atoms with van der Waals surface area (Å²) in [5.74, 6) is -0.448. The summed E-state index contributed by atoms with van der Waals surface area (Å²) in [6, 6.07) is 0. The number of H-pyrrole nitrogens is 1. The number of aromatic amines is 1. The van der Waals surface area contributed by atoms with Crippen molar-refractivity contribution in [1.29, 1.82) is 0 Å². The van der Waals surface area contributed by atoms with Gasteiger partial charge in [0.2, 0.25) is 5.91 Å². The van der Waals surface area contributed by atoms with Crippen molar-refractivity contribution in [1.82, 2.24) is 9.55 Å². The molecule has 0 radical (unpaired) electrons. The minimum Gasteiger partial charge on any atom is -0.383 e. The maximum atomic E-state index is 12.2. The van der Waals surface area contributed by atoms with Crippen molar-refractivity contribution in [3.63, 3.8) is 0 Å². The molecule has 0 saturated heterocycles. The molecule has 0 saturated carbocycles. The number of alkyl halides is 1. The molecule has 1 heterocycles. The standard InChI is InChI=1S/C14H23ClN4O3/c1-8(2)6-18(10(20)5-15)11-12(16)19(7-9(3)4)14(22)17-13(11)21/h8-9H,5-7,16H2,1-4H3,(H,17,21,22). The number of nitrogen functional groups attached to an aromatic ring is 1. The van der Waals surface area contributed by atoms with Crippen molar-refractivity contribution in [3.05, 3.63) is 20.8 Å². The number of hydrogen-bond donors (Lipinski definition) is 2. The van der Waals surface area contributed by atoms with Gasteiger partial charge in [0, 0.05) is 13.1 Å². The second-order valence-electron chi connectivity index (χ2n) is 6.03. The summed E-state index contributed by atoms with van der Waals surface area (Å²) in [5.41, 5.74) is 4.73. The van der Waals surface area contributed by atoms with Crippen LogP contribution in [0.4, 0.5) is 11.5 Å². The Morgan fingerprint density at radius 1 is 1.27 bits per heavy atom. The Morgan fingerprint density at radius 2 is 1.86 bits per heavy atom. The highest BCUT2D eigenvalue weighted by atomic mass is 35.5. The molecule has 0 aromatic carbocycles. The van der Waals surface area contributed by atoms with Gasteiger partial charge in [-0.25, -0.2) is 4.79 Å². The van der Waals surface area contributed by atoms with E-state index in [1.54, 1.807) is 0 Å². The minimum atomic E-state index is -0.679. The van der Waals surface area contributed by atoms with Gasteiger partial charge in [0.1, 0.15) is 11.7 Å². The summed E-state index contributed by atoms with van der Waals surface area (Å²) in [7, 11) is 0. The molecular weight excluding hydrogens is 308 g/mol. The number of halogens is 1. The van der Waals surface area contributed by atoms with Gasteiger partial charge in [-0.15, -0.1) is 11.6 Å². The number of rotatable bonds is 6. The third-order valence-electron chi connectivity index (χ3n) is 2.99. The van der Waals surface area contributed by atoms with Gasteiger partial charge in [-0.05, 0) is 11.8 Å². The van der Waals surface area contributed by atoms with Gasteiger partial charge in [-0.3, -0.25) is 19.1 Å². The van der Waals surface area contributed by atoms with E-state index in [-0.39, 0.29) is 29.2 Å². The van der Waals surface area contributed by atoms with E-state index in [0.29, 0.717) is 13.1 Å². The van der Waals surface area contributed by atoms with Crippen LogP contribution in [-0.2, 0) is 11.3 Å². The summed E-state index contributed by atoms with van der Waals surface area (Å²) in [5, 5.41) is 0. The first-order valence-electron chi connectivity index (χ1n) is 7.17. The number of nitrogens with two attached hydrogens (primary N) is 1. The first-order chi connectivity index (χ1) is 10.2. The molecule has 0 aliphatic rings. The van der Waals surface area contributed by atoms with Crippen LogP contribution in [-0.4, -0.2) is 27.9 Å². The Balaban J connectivity index is 3.52. The van der Waals surface area contributed by atoms with E-state index in [2.05, 4.69) is 4.98 Å². The molecular formula is C14H23ClN4O3. The van der Waals surface area contributed by atoms with Gasteiger partial charge in [-0.2, -0.15) is 0 Å². The quantitative estimate of drug-likeness (QED) is 0.760. The van der Waals surface area contributed by atoms with Gasteiger partial charge < -0.3 is 10.6 Å². The van der Waals surface area contributed by atoms with Gasteiger partial charge >= 0.3 is 5.69 Å². The fraction of sp³-hybridized carbons (Fsp3) is 0.643. The lowest BCUT2D eigenvalue weighted by molar-refractivity contribution is -0.116. The molecule has 22 heavy (non-hydrogen) atoms. The number of hydrogen-bond acceptors (Lipinski definition) is 4. The number of amides is 1. The lowest BCUT2D eigenvalue weighted by Crippen LogP contribution is -2.43. The van der Waals surface area contributed by atoms with Crippen LogP contribution >= 0.6 is 11.6 Å². The third-order valence-corrected chi connectivity index (χ3v) is 3.22. The van der Waals surface area contributed by atoms with Crippen LogP contribution in [0.25, 0.3) is 0 Å². The highest BCUT2D eigenvalue weighted by Crippen LogP contribution is 2.19. The van der Waals surface area contributed by atoms with Crippen LogP contribution in [0.3, 0.4) is 0 Å². The Bertz CT molecular complexity index is 648. The number of nitrogens with zero attached hydrogens (tertiary/aromatic N) is 2. The molecule has 3 N–H and O–H groups in total. The van der Waals surface area contributed by atoms with Crippen LogP contribution in [0.5, 0.6) is 0 Å². The maximum Gasteiger partial charge on any atom is 0.330 e. The van der Waals surface area contributed by atoms with Crippen LogP contribution in [0.1, 0.15) is 27.7 Å². The van der Waals surface area contributed by atoms with E-state index in [1.807, 2.05) is 27.7 Å². The molecule has 0 aliphatic carbocycles. The maximum absolute atomic E-state index is 12.2. The van der Waals surface area contributed by atoms with E-state index in [9.17, 15) is 14.4 Å². The number of aromatic nitrogens is 2. The van der Waals surface area contributed by atoms with Crippen LogP contribution in [0, 0.1) is 11.8 Å². The highest BCUT2D eigenvalue weighted by molar-refractivity contribution is 6.29. The Hall–Kier alpha value is -1.76. The zero-order valence-corrected chi connectivity index (χ0v) is 14.1. The van der Waals surface area contributed by atoms with E-state index in [4.69, 9.17) is 17.3 Å². The first-order valence-corrected chi connectivity index (χ1v) is 7.71. The molecule has 1 amide bonds. The van der Waals surface area contributed by atoms with Crippen molar-refractivity contribution < 1.29 is 4.79 Å². The van der Waals surface area contributed by atoms with Crippen molar-refractivity contribution in [3.8, 4) is 0 Å². The molecule has 1 rings (SSSR count). The normalized spacial score (nSPS) is 11.2. The zero-order valence-electron chi connectivity index (χ0n) is 13.4. The van der Waals surface area contributed by atoms with E-state index < -0.39 is 17.2 Å². The van der Waals surface area contributed by atoms with Gasteiger partial charge in [0.25, 0.3) is 5.56 Å². The van der Waals surface area contributed by atoms with Crippen molar-refractivity contribution >= 4 is 29.0 Å². The second-order valence-corrected chi connectivity index (χ2v) is 6.30. The van der Waals surface area contributed by atoms with Crippen molar-refractivity contribution in [2.24, 2.45) is 11.8 Å². The monoisotopic (exact) mass is 330 g/mol. The lowest BCUT2D eigenvalue weighted by Gasteiger charge is -2.25. The SMILES string of the molecule is CC(C)CN(C(=O)CCl)c1c(N)n(CC(C)C)c(=O)[nH]c1=O. The molecule has 124 valence electrons. The van der Waals surface area contributed by atoms with Gasteiger partial charge in [-0.1, -0.05) is 27.7 Å². The smallest absolute Gasteiger partial charge is 0.330 e. The predicted octanol–water partition coefficient (Wildman–Crippen LogP) is 1.00. The minimum absolute atomic E-state index is 0.0124. The van der Waals surface area contributed by atoms with E-state index in [1.165, 1.54) is 9.47 Å². The fourth-order valence-corrected chi connectivity index (χ4v) is 2.28. The number of carbonyl (C=O) groups is 1. The van der Waals surface area contributed by atoms with Crippen molar-refractivity contribution in [2.75, 3.05) is 23.1 Å². The molecule has 8 heteroatoms. The summed E-state index contributed by atoms with van der Waals surface area (Å²) < 4.78 is 1.27. The average Bonchev–Trinajstić information content (AvgIpc) is 2.40. The molecule has 7 nitrogen and oxygen atoms in total. The van der Waals surface area contributed by atoms with Gasteiger partial charge in [0.05, 0.1) is 0 Å². The Kier molecular flexibility index (Phi) is 6.22. The fourth-order valence-electron chi connectivity index (χ4n) is 2.14. The molecule has 1 aromatic rings. The van der Waals surface area contributed by atoms with Crippen LogP contribution in [0.2, 0.25) is 0 Å². The van der Waals surface area contributed by atoms with Crippen LogP contribution in [0.15, 0.2) is 9.59 Å². The number of anilines is 2. The van der Waals surface area contributed by atoms with Crippen LogP contribution < -0.4 is 21.9 Å². The molecule has 0 unspecified atom stereocenters. The van der Waals surface area contributed by atoms with Crippen molar-refractivity contribution in [2.45, 2.75) is 34.2 Å². The first kappa shape index (κ1) is 18.3. The largest absolute Gasteiger partial charge is 0.383 e.